The Kier molecular flexibility index (Phi) is 8.58. The Labute approximate surface area is 84.2 Å². The second-order valence-electron chi connectivity index (χ2n) is 2.40. The number of amides is 1. The second kappa shape index (κ2) is 9.60. The van der Waals surface area contributed by atoms with Crippen LogP contribution < -0.4 is 11.1 Å². The van der Waals surface area contributed by atoms with Crippen LogP contribution >= 0.6 is 0 Å². The Hall–Kier alpha value is -1.49. The van der Waals surface area contributed by atoms with Gasteiger partial charge in [0.15, 0.2) is 0 Å². The first kappa shape index (κ1) is 12.5. The first-order valence-corrected chi connectivity index (χ1v) is 4.29. The number of nitrogens with two attached hydrogens (primary N) is 1. The molecule has 0 saturated carbocycles. The Bertz CT molecular complexity index is 258. The molecule has 0 aliphatic carbocycles. The smallest absolute Gasteiger partial charge is 0.295 e. The van der Waals surface area contributed by atoms with Crippen molar-refractivity contribution in [2.24, 2.45) is 5.73 Å². The highest BCUT2D eigenvalue weighted by Gasteiger charge is 1.91. The molecule has 0 aliphatic heterocycles. The second-order valence-corrected chi connectivity index (χ2v) is 2.40. The maximum absolute atomic E-state index is 10.9. The van der Waals surface area contributed by atoms with Crippen LogP contribution in [0.5, 0.6) is 0 Å². The van der Waals surface area contributed by atoms with Gasteiger partial charge in [-0.2, -0.15) is 0 Å². The standard InChI is InChI=1S/C10H14N2O2/c1-2-8-14-9-3-5-10(13)12-7-4-6-11/h1H,4,6-9,11H2,(H,12,13). The van der Waals surface area contributed by atoms with Crippen LogP contribution in [0.15, 0.2) is 0 Å². The van der Waals surface area contributed by atoms with E-state index in [-0.39, 0.29) is 19.1 Å². The Morgan fingerprint density at radius 3 is 2.93 bits per heavy atom. The van der Waals surface area contributed by atoms with Gasteiger partial charge in [-0.15, -0.1) is 6.42 Å². The predicted octanol–water partition coefficient (Wildman–Crippen LogP) is -0.895. The average molecular weight is 194 g/mol. The molecule has 0 unspecified atom stereocenters. The van der Waals surface area contributed by atoms with Crippen molar-refractivity contribution in [3.8, 4) is 24.2 Å². The molecule has 0 aliphatic rings. The van der Waals surface area contributed by atoms with Gasteiger partial charge in [0.25, 0.3) is 5.91 Å². The molecule has 3 N–H and O–H groups in total. The molecule has 0 rings (SSSR count). The average Bonchev–Trinajstić information content (AvgIpc) is 2.18. The van der Waals surface area contributed by atoms with Crippen molar-refractivity contribution >= 4 is 5.91 Å². The molecule has 0 atom stereocenters. The van der Waals surface area contributed by atoms with Crippen LogP contribution in [0.3, 0.4) is 0 Å². The van der Waals surface area contributed by atoms with Gasteiger partial charge in [0.2, 0.25) is 0 Å². The molecular weight excluding hydrogens is 180 g/mol. The number of rotatable bonds is 5. The number of ether oxygens (including phenoxy) is 1. The van der Waals surface area contributed by atoms with Crippen molar-refractivity contribution < 1.29 is 9.53 Å². The zero-order chi connectivity index (χ0) is 10.6. The zero-order valence-electron chi connectivity index (χ0n) is 8.01. The lowest BCUT2D eigenvalue weighted by Gasteiger charge is -1.96. The number of carbonyl (C=O) groups excluding carboxylic acids is 1. The molecule has 0 spiro atoms. The third-order valence-electron chi connectivity index (χ3n) is 1.23. The molecule has 4 nitrogen and oxygen atoms in total. The van der Waals surface area contributed by atoms with E-state index in [0.717, 1.165) is 6.42 Å². The van der Waals surface area contributed by atoms with E-state index in [1.807, 2.05) is 0 Å². The van der Waals surface area contributed by atoms with Crippen molar-refractivity contribution in [1.82, 2.24) is 5.32 Å². The van der Waals surface area contributed by atoms with Gasteiger partial charge in [0.05, 0.1) is 0 Å². The van der Waals surface area contributed by atoms with Gasteiger partial charge in [-0.3, -0.25) is 4.79 Å². The third-order valence-corrected chi connectivity index (χ3v) is 1.23. The van der Waals surface area contributed by atoms with E-state index in [1.54, 1.807) is 0 Å². The lowest BCUT2D eigenvalue weighted by Crippen LogP contribution is -2.24. The van der Waals surface area contributed by atoms with Gasteiger partial charge in [-0.1, -0.05) is 11.8 Å². The summed E-state index contributed by atoms with van der Waals surface area (Å²) in [5.41, 5.74) is 5.24. The molecule has 14 heavy (non-hydrogen) atoms. The topological polar surface area (TPSA) is 64.3 Å². The van der Waals surface area contributed by atoms with Crippen LogP contribution in [0.1, 0.15) is 6.42 Å². The minimum Gasteiger partial charge on any atom is -0.356 e. The highest BCUT2D eigenvalue weighted by Crippen LogP contribution is 1.72. The summed E-state index contributed by atoms with van der Waals surface area (Å²) >= 11 is 0. The Balaban J connectivity index is 3.45. The van der Waals surface area contributed by atoms with Crippen molar-refractivity contribution in [1.29, 1.82) is 0 Å². The quantitative estimate of drug-likeness (QED) is 0.440. The largest absolute Gasteiger partial charge is 0.356 e. The van der Waals surface area contributed by atoms with Crippen LogP contribution in [0.2, 0.25) is 0 Å². The first-order valence-electron chi connectivity index (χ1n) is 4.29. The molecule has 76 valence electrons. The Morgan fingerprint density at radius 1 is 1.50 bits per heavy atom. The van der Waals surface area contributed by atoms with E-state index in [0.29, 0.717) is 13.1 Å². The molecule has 4 heteroatoms. The Morgan fingerprint density at radius 2 is 2.29 bits per heavy atom. The van der Waals surface area contributed by atoms with Gasteiger partial charge >= 0.3 is 0 Å². The van der Waals surface area contributed by atoms with E-state index in [1.165, 1.54) is 0 Å². The van der Waals surface area contributed by atoms with Gasteiger partial charge < -0.3 is 15.8 Å². The summed E-state index contributed by atoms with van der Waals surface area (Å²) < 4.78 is 4.85. The molecule has 0 aromatic rings. The fourth-order valence-corrected chi connectivity index (χ4v) is 0.626. The van der Waals surface area contributed by atoms with Crippen LogP contribution in [0, 0.1) is 24.2 Å². The SMILES string of the molecule is C#CCOCC#CC(=O)NCCCN. The molecule has 0 saturated heterocycles. The van der Waals surface area contributed by atoms with E-state index in [2.05, 4.69) is 23.1 Å². The van der Waals surface area contributed by atoms with Crippen LogP contribution in [-0.2, 0) is 9.53 Å². The summed E-state index contributed by atoms with van der Waals surface area (Å²) in [4.78, 5) is 10.9. The molecule has 0 aromatic heterocycles. The van der Waals surface area contributed by atoms with Crippen molar-refractivity contribution in [2.45, 2.75) is 6.42 Å². The number of hydrogen-bond donors (Lipinski definition) is 2. The molecule has 0 aromatic carbocycles. The normalized spacial score (nSPS) is 8.29. The third kappa shape index (κ3) is 8.61. The molecular formula is C10H14N2O2. The molecule has 0 heterocycles. The predicted molar refractivity (Wildman–Crippen MR) is 54.1 cm³/mol. The van der Waals surface area contributed by atoms with Crippen molar-refractivity contribution in [2.75, 3.05) is 26.3 Å². The van der Waals surface area contributed by atoms with E-state index in [4.69, 9.17) is 16.9 Å². The maximum atomic E-state index is 10.9. The highest BCUT2D eigenvalue weighted by atomic mass is 16.5. The molecule has 1 amide bonds. The lowest BCUT2D eigenvalue weighted by molar-refractivity contribution is -0.115. The summed E-state index contributed by atoms with van der Waals surface area (Å²) in [5.74, 6) is 6.88. The van der Waals surface area contributed by atoms with Gasteiger partial charge in [0, 0.05) is 6.54 Å². The summed E-state index contributed by atoms with van der Waals surface area (Å²) in [6.07, 6.45) is 5.69. The number of carbonyl (C=O) groups is 1. The van der Waals surface area contributed by atoms with E-state index >= 15 is 0 Å². The van der Waals surface area contributed by atoms with Crippen LogP contribution in [0.25, 0.3) is 0 Å². The van der Waals surface area contributed by atoms with Crippen LogP contribution in [0.4, 0.5) is 0 Å². The highest BCUT2D eigenvalue weighted by molar-refractivity contribution is 5.93. The fraction of sp³-hybridized carbons (Fsp3) is 0.500. The number of nitrogens with one attached hydrogen (secondary N) is 1. The zero-order valence-corrected chi connectivity index (χ0v) is 8.01. The molecule has 0 radical (unpaired) electrons. The van der Waals surface area contributed by atoms with Gasteiger partial charge in [-0.25, -0.2) is 0 Å². The monoisotopic (exact) mass is 194 g/mol. The van der Waals surface area contributed by atoms with Gasteiger partial charge in [-0.05, 0) is 18.9 Å². The summed E-state index contributed by atoms with van der Waals surface area (Å²) in [6, 6.07) is 0. The first-order chi connectivity index (χ1) is 6.81. The summed E-state index contributed by atoms with van der Waals surface area (Å²) in [5, 5.41) is 2.59. The minimum absolute atomic E-state index is 0.175. The number of hydrogen-bond acceptors (Lipinski definition) is 3. The minimum atomic E-state index is -0.317. The van der Waals surface area contributed by atoms with Crippen LogP contribution in [-0.4, -0.2) is 32.2 Å². The van der Waals surface area contributed by atoms with Crippen molar-refractivity contribution in [3.05, 3.63) is 0 Å². The van der Waals surface area contributed by atoms with Crippen molar-refractivity contribution in [3.63, 3.8) is 0 Å². The fourth-order valence-electron chi connectivity index (χ4n) is 0.626. The summed E-state index contributed by atoms with van der Waals surface area (Å²) in [7, 11) is 0. The molecule has 0 bridgehead atoms. The lowest BCUT2D eigenvalue weighted by atomic mass is 10.4. The molecule has 0 fully saturated rings. The van der Waals surface area contributed by atoms with E-state index in [9.17, 15) is 4.79 Å². The van der Waals surface area contributed by atoms with E-state index < -0.39 is 0 Å². The summed E-state index contributed by atoms with van der Waals surface area (Å²) in [6.45, 7) is 1.49. The van der Waals surface area contributed by atoms with Gasteiger partial charge in [0.1, 0.15) is 13.2 Å². The number of terminal acetylenes is 1. The maximum Gasteiger partial charge on any atom is 0.295 e.